The van der Waals surface area contributed by atoms with E-state index in [1.807, 2.05) is 13.8 Å². The molecule has 1 heterocycles. The SMILES string of the molecule is CCCOCc1nc(C)c(CN)c(C)n1. The number of nitrogens with zero attached hydrogens (tertiary/aromatic N) is 2. The smallest absolute Gasteiger partial charge is 0.154 e. The van der Waals surface area contributed by atoms with Crippen LogP contribution < -0.4 is 5.73 Å². The molecule has 15 heavy (non-hydrogen) atoms. The van der Waals surface area contributed by atoms with Gasteiger partial charge in [0, 0.05) is 30.1 Å². The van der Waals surface area contributed by atoms with Gasteiger partial charge in [-0.05, 0) is 20.3 Å². The first kappa shape index (κ1) is 12.1. The molecular formula is C11H19N3O. The Morgan fingerprint density at radius 2 is 1.80 bits per heavy atom. The number of aryl methyl sites for hydroxylation is 2. The van der Waals surface area contributed by atoms with E-state index < -0.39 is 0 Å². The van der Waals surface area contributed by atoms with E-state index in [0.717, 1.165) is 35.8 Å². The van der Waals surface area contributed by atoms with Crippen LogP contribution in [0.2, 0.25) is 0 Å². The maximum atomic E-state index is 5.61. The number of rotatable bonds is 5. The number of nitrogens with two attached hydrogens (primary N) is 1. The van der Waals surface area contributed by atoms with Crippen LogP contribution >= 0.6 is 0 Å². The van der Waals surface area contributed by atoms with Gasteiger partial charge in [-0.2, -0.15) is 0 Å². The summed E-state index contributed by atoms with van der Waals surface area (Å²) in [6.45, 7) is 7.73. The lowest BCUT2D eigenvalue weighted by atomic mass is 10.2. The average molecular weight is 209 g/mol. The normalized spacial score (nSPS) is 10.7. The fourth-order valence-corrected chi connectivity index (χ4v) is 1.48. The average Bonchev–Trinajstić information content (AvgIpc) is 2.18. The van der Waals surface area contributed by atoms with E-state index in [2.05, 4.69) is 16.9 Å². The number of hydrogen-bond acceptors (Lipinski definition) is 4. The van der Waals surface area contributed by atoms with Gasteiger partial charge in [-0.15, -0.1) is 0 Å². The zero-order valence-electron chi connectivity index (χ0n) is 9.71. The van der Waals surface area contributed by atoms with Crippen LogP contribution in [0.5, 0.6) is 0 Å². The quantitative estimate of drug-likeness (QED) is 0.746. The molecule has 0 amide bonds. The number of ether oxygens (including phenoxy) is 1. The molecular weight excluding hydrogens is 190 g/mol. The van der Waals surface area contributed by atoms with Crippen LogP contribution in [-0.2, 0) is 17.9 Å². The van der Waals surface area contributed by atoms with E-state index in [1.54, 1.807) is 0 Å². The fraction of sp³-hybridized carbons (Fsp3) is 0.636. The molecule has 1 rings (SSSR count). The van der Waals surface area contributed by atoms with Crippen LogP contribution in [0, 0.1) is 13.8 Å². The maximum Gasteiger partial charge on any atom is 0.154 e. The summed E-state index contributed by atoms with van der Waals surface area (Å²) in [7, 11) is 0. The first-order valence-corrected chi connectivity index (χ1v) is 5.29. The van der Waals surface area contributed by atoms with Gasteiger partial charge in [0.15, 0.2) is 5.82 Å². The summed E-state index contributed by atoms with van der Waals surface area (Å²) < 4.78 is 5.40. The molecule has 0 atom stereocenters. The Labute approximate surface area is 90.9 Å². The highest BCUT2D eigenvalue weighted by Crippen LogP contribution is 2.09. The molecule has 4 heteroatoms. The van der Waals surface area contributed by atoms with Crippen molar-refractivity contribution in [3.63, 3.8) is 0 Å². The van der Waals surface area contributed by atoms with E-state index in [0.29, 0.717) is 13.2 Å². The Balaban J connectivity index is 2.75. The Bertz CT molecular complexity index is 303. The monoisotopic (exact) mass is 209 g/mol. The fourth-order valence-electron chi connectivity index (χ4n) is 1.48. The van der Waals surface area contributed by atoms with Crippen LogP contribution in [0.3, 0.4) is 0 Å². The van der Waals surface area contributed by atoms with E-state index in [1.165, 1.54) is 0 Å². The van der Waals surface area contributed by atoms with Gasteiger partial charge in [-0.25, -0.2) is 9.97 Å². The lowest BCUT2D eigenvalue weighted by Crippen LogP contribution is -2.10. The summed E-state index contributed by atoms with van der Waals surface area (Å²) in [4.78, 5) is 8.72. The summed E-state index contributed by atoms with van der Waals surface area (Å²) in [5, 5.41) is 0. The van der Waals surface area contributed by atoms with E-state index in [4.69, 9.17) is 10.5 Å². The highest BCUT2D eigenvalue weighted by atomic mass is 16.5. The first-order valence-electron chi connectivity index (χ1n) is 5.29. The highest BCUT2D eigenvalue weighted by Gasteiger charge is 2.06. The van der Waals surface area contributed by atoms with Gasteiger partial charge < -0.3 is 10.5 Å². The maximum absolute atomic E-state index is 5.61. The first-order chi connectivity index (χ1) is 7.19. The van der Waals surface area contributed by atoms with E-state index in [-0.39, 0.29) is 0 Å². The van der Waals surface area contributed by atoms with Gasteiger partial charge in [0.25, 0.3) is 0 Å². The molecule has 1 aromatic heterocycles. The Morgan fingerprint density at radius 3 is 2.27 bits per heavy atom. The third kappa shape index (κ3) is 3.25. The van der Waals surface area contributed by atoms with Crippen molar-refractivity contribution in [2.45, 2.75) is 40.3 Å². The second kappa shape index (κ2) is 5.78. The molecule has 0 radical (unpaired) electrons. The van der Waals surface area contributed by atoms with Crippen molar-refractivity contribution < 1.29 is 4.74 Å². The second-order valence-corrected chi connectivity index (χ2v) is 3.55. The molecule has 0 aliphatic heterocycles. The zero-order chi connectivity index (χ0) is 11.3. The lowest BCUT2D eigenvalue weighted by Gasteiger charge is -2.09. The summed E-state index contributed by atoms with van der Waals surface area (Å²) in [6.07, 6.45) is 1.01. The second-order valence-electron chi connectivity index (χ2n) is 3.55. The molecule has 0 bridgehead atoms. The number of aromatic nitrogens is 2. The summed E-state index contributed by atoms with van der Waals surface area (Å²) in [5.74, 6) is 0.746. The molecule has 2 N–H and O–H groups in total. The van der Waals surface area contributed by atoms with Crippen molar-refractivity contribution in [3.8, 4) is 0 Å². The molecule has 0 aliphatic rings. The highest BCUT2D eigenvalue weighted by molar-refractivity contribution is 5.23. The topological polar surface area (TPSA) is 61.0 Å². The van der Waals surface area contributed by atoms with Gasteiger partial charge in [-0.1, -0.05) is 6.92 Å². The third-order valence-corrected chi connectivity index (χ3v) is 2.25. The lowest BCUT2D eigenvalue weighted by molar-refractivity contribution is 0.116. The van der Waals surface area contributed by atoms with Crippen molar-refractivity contribution in [1.82, 2.24) is 9.97 Å². The predicted molar refractivity (Wildman–Crippen MR) is 59.3 cm³/mol. The van der Waals surface area contributed by atoms with Crippen LogP contribution in [-0.4, -0.2) is 16.6 Å². The van der Waals surface area contributed by atoms with Gasteiger partial charge >= 0.3 is 0 Å². The van der Waals surface area contributed by atoms with Crippen LogP contribution in [0.1, 0.15) is 36.1 Å². The number of hydrogen-bond donors (Lipinski definition) is 1. The van der Waals surface area contributed by atoms with Crippen LogP contribution in [0.4, 0.5) is 0 Å². The molecule has 0 saturated carbocycles. The van der Waals surface area contributed by atoms with Gasteiger partial charge in [0.1, 0.15) is 6.61 Å². The van der Waals surface area contributed by atoms with Crippen molar-refractivity contribution in [2.75, 3.05) is 6.61 Å². The molecule has 84 valence electrons. The summed E-state index contributed by atoms with van der Waals surface area (Å²) in [6, 6.07) is 0. The van der Waals surface area contributed by atoms with Crippen LogP contribution in [0.15, 0.2) is 0 Å². The third-order valence-electron chi connectivity index (χ3n) is 2.25. The molecule has 0 aromatic carbocycles. The van der Waals surface area contributed by atoms with Gasteiger partial charge in [-0.3, -0.25) is 0 Å². The molecule has 0 unspecified atom stereocenters. The van der Waals surface area contributed by atoms with Gasteiger partial charge in [0.2, 0.25) is 0 Å². The van der Waals surface area contributed by atoms with Crippen molar-refractivity contribution in [1.29, 1.82) is 0 Å². The molecule has 0 fully saturated rings. The molecule has 0 aliphatic carbocycles. The predicted octanol–water partition coefficient (Wildman–Crippen LogP) is 1.48. The summed E-state index contributed by atoms with van der Waals surface area (Å²) in [5.41, 5.74) is 8.57. The largest absolute Gasteiger partial charge is 0.373 e. The molecule has 1 aromatic rings. The molecule has 4 nitrogen and oxygen atoms in total. The Kier molecular flexibility index (Phi) is 4.65. The minimum absolute atomic E-state index is 0.486. The van der Waals surface area contributed by atoms with Crippen molar-refractivity contribution >= 4 is 0 Å². The standard InChI is InChI=1S/C11H19N3O/c1-4-5-15-7-11-13-8(2)10(6-12)9(3)14-11/h4-7,12H2,1-3H3. The Morgan fingerprint density at radius 1 is 1.20 bits per heavy atom. The zero-order valence-corrected chi connectivity index (χ0v) is 9.71. The minimum Gasteiger partial charge on any atom is -0.373 e. The van der Waals surface area contributed by atoms with Crippen molar-refractivity contribution in [3.05, 3.63) is 22.8 Å². The van der Waals surface area contributed by atoms with E-state index in [9.17, 15) is 0 Å². The van der Waals surface area contributed by atoms with Gasteiger partial charge in [0.05, 0.1) is 0 Å². The minimum atomic E-state index is 0.486. The Hall–Kier alpha value is -1.00. The van der Waals surface area contributed by atoms with Crippen molar-refractivity contribution in [2.24, 2.45) is 5.73 Å². The summed E-state index contributed by atoms with van der Waals surface area (Å²) >= 11 is 0. The van der Waals surface area contributed by atoms with E-state index >= 15 is 0 Å². The molecule has 0 spiro atoms. The molecule has 0 saturated heterocycles. The van der Waals surface area contributed by atoms with Crippen LogP contribution in [0.25, 0.3) is 0 Å².